The Kier molecular flexibility index (Phi) is 19.9. The maximum Gasteiger partial charge on any atom is 0.402 e. The van der Waals surface area contributed by atoms with Gasteiger partial charge in [0.1, 0.15) is 5.35 Å². The molecule has 17 heteroatoms. The molecule has 1 atom stereocenters. The predicted octanol–water partition coefficient (Wildman–Crippen LogP) is 5.79. The Hall–Kier alpha value is -10.3. The van der Waals surface area contributed by atoms with E-state index in [9.17, 15) is 0 Å². The second-order valence-corrected chi connectivity index (χ2v) is 27.0. The number of hydrogen-bond acceptors (Lipinski definition) is 7. The Balaban J connectivity index is 0.000000134. The second-order valence-electron chi connectivity index (χ2n) is 27.0. The van der Waals surface area contributed by atoms with Gasteiger partial charge in [0, 0.05) is 79.4 Å². The van der Waals surface area contributed by atoms with Crippen molar-refractivity contribution in [2.24, 2.45) is 41.2 Å². The summed E-state index contributed by atoms with van der Waals surface area (Å²) in [6.45, 7) is 18.9. The van der Waals surface area contributed by atoms with Crippen molar-refractivity contribution in [3.8, 4) is 0 Å². The zero-order chi connectivity index (χ0) is 76.9. The third-order valence-corrected chi connectivity index (χ3v) is 18.6. The summed E-state index contributed by atoms with van der Waals surface area (Å²) in [6.07, 6.45) is 24.9. The van der Waals surface area contributed by atoms with Gasteiger partial charge in [0.15, 0.2) is 0 Å². The van der Waals surface area contributed by atoms with Crippen molar-refractivity contribution in [1.29, 1.82) is 0 Å². The van der Waals surface area contributed by atoms with Crippen LogP contribution in [0.2, 0.25) is 34.1 Å². The van der Waals surface area contributed by atoms with Crippen LogP contribution in [0.25, 0.3) is 60.9 Å². The van der Waals surface area contributed by atoms with E-state index in [4.69, 9.17) is 9.60 Å². The van der Waals surface area contributed by atoms with Gasteiger partial charge in [0.2, 0.25) is 0 Å². The number of nitrogens with zero attached hydrogens (tertiary/aromatic N) is 12. The zero-order valence-electron chi connectivity index (χ0n) is 67.8. The van der Waals surface area contributed by atoms with Crippen molar-refractivity contribution in [2.75, 3.05) is 24.1 Å². The molecule has 15 rings (SSSR count). The van der Waals surface area contributed by atoms with E-state index in [1.165, 1.54) is 54.5 Å². The highest BCUT2D eigenvalue weighted by atomic mass is 15.2. The molecule has 0 aliphatic carbocycles. The molecule has 0 bridgehead atoms. The molecule has 10 aromatic rings. The van der Waals surface area contributed by atoms with Crippen LogP contribution in [0.4, 0.5) is 29.1 Å². The highest BCUT2D eigenvalue weighted by molar-refractivity contribution is 6.78. The fourth-order valence-corrected chi connectivity index (χ4v) is 13.1. The van der Waals surface area contributed by atoms with E-state index in [-0.39, 0.29) is 26.5 Å². The van der Waals surface area contributed by atoms with Crippen molar-refractivity contribution >= 4 is 124 Å². The molecule has 7 aromatic heterocycles. The largest absolute Gasteiger partial charge is 0.402 e. The van der Waals surface area contributed by atoms with Crippen LogP contribution in [0, 0.1) is 5.92 Å². The summed E-state index contributed by atoms with van der Waals surface area (Å²) in [6, 6.07) is 55.1. The highest BCUT2D eigenvalue weighted by Gasteiger charge is 2.32. The molecule has 0 amide bonds. The SMILES string of the molecule is CB1C=c2cccnc2=CN1c1cccc[n+]1C.CB1C=c2ccncc2=CN1c1cccc[n+]1C.[2H]C(C)(C)c1cc[n+](C)c(N2C=c3ccccc3=CB2C)c1.[2H]C([2H])([2H])C([2H])(C)c1cc[n+](C)c(N2C=c3ccccc3=CB2C)c1.[2H]C([2H])(c1cc[n+](C)c(N2C=c3ccccc3=CB2C)c1)C(C)C. The highest BCUT2D eigenvalue weighted by Crippen LogP contribution is 2.23. The van der Waals surface area contributed by atoms with Gasteiger partial charge in [-0.15, -0.1) is 0 Å². The van der Waals surface area contributed by atoms with Crippen molar-refractivity contribution in [2.45, 2.75) is 93.7 Å². The number of pyridine rings is 7. The first-order chi connectivity index (χ1) is 50.8. The number of aryl methyl sites for hydroxylation is 5. The van der Waals surface area contributed by atoms with Crippen LogP contribution in [0.3, 0.4) is 0 Å². The molecule has 0 radical (unpaired) electrons. The summed E-state index contributed by atoms with van der Waals surface area (Å²) in [7, 11) is 10.1. The van der Waals surface area contributed by atoms with Gasteiger partial charge in [0.25, 0.3) is 29.1 Å². The maximum absolute atomic E-state index is 8.39. The summed E-state index contributed by atoms with van der Waals surface area (Å²) in [5.74, 6) is 14.2. The van der Waals surface area contributed by atoms with Crippen LogP contribution in [-0.2, 0) is 41.6 Å². The first-order valence-corrected chi connectivity index (χ1v) is 34.8. The lowest BCUT2D eigenvalue weighted by Crippen LogP contribution is -2.48. The third kappa shape index (κ3) is 16.9. The molecule has 500 valence electrons. The standard InChI is InChI=1S/C19H24BN2.2C18H22BN2.2C14H15BN3/c1-15(2)11-16-9-10-21(4)19(12-16)22-14-18-8-6-5-7-17(18)13-20(22)3;2*1-14(2)15-9-10-20(4)18(11-15)21-13-17-8-6-5-7-16(17)12-19(21)3;1-15-10-12-6-5-8-16-13(12)11-18(15)14-7-3-4-9-17(14)2;1-15-9-12-6-7-16-10-13(12)11-18(15)14-5-3-4-8-17(14)2/h5-10,12-15H,11H2,1-4H3;2*5-14H,1-4H3;2*3-11H,1-2H3/q5*+1/i11D2;1D3,14D;14D;;. The normalized spacial score (nSPS) is 15.7. The van der Waals surface area contributed by atoms with E-state index in [2.05, 4.69) is 278 Å². The fraction of sp³-hybridized carbons (Fsp3) is 0.241. The van der Waals surface area contributed by atoms with E-state index in [0.29, 0.717) is 19.3 Å². The Bertz CT molecular complexity index is 5490. The smallest absolute Gasteiger partial charge is 0.293 e. The van der Waals surface area contributed by atoms with Crippen LogP contribution in [0.1, 0.15) is 79.5 Å². The second kappa shape index (κ2) is 32.2. The fourth-order valence-electron chi connectivity index (χ4n) is 13.1. The number of aromatic nitrogens is 7. The summed E-state index contributed by atoms with van der Waals surface area (Å²) >= 11 is 0. The molecular formula is C83H98B5N12+5. The minimum Gasteiger partial charge on any atom is -0.293 e. The number of hydrogen-bond donors (Lipinski definition) is 0. The molecule has 0 N–H and O–H groups in total. The minimum atomic E-state index is -2.39. The van der Waals surface area contributed by atoms with E-state index >= 15 is 0 Å². The third-order valence-electron chi connectivity index (χ3n) is 18.6. The van der Waals surface area contributed by atoms with Crippen LogP contribution in [-0.4, -0.2) is 44.2 Å². The van der Waals surface area contributed by atoms with E-state index in [1.54, 1.807) is 6.07 Å². The number of rotatable bonds is 9. The molecule has 12 nitrogen and oxygen atoms in total. The van der Waals surface area contributed by atoms with E-state index < -0.39 is 25.0 Å². The summed E-state index contributed by atoms with van der Waals surface area (Å²) in [4.78, 5) is 19.7. The maximum atomic E-state index is 8.39. The van der Waals surface area contributed by atoms with Crippen LogP contribution in [0.5, 0.6) is 0 Å². The van der Waals surface area contributed by atoms with Crippen LogP contribution >= 0.6 is 0 Å². The Morgan fingerprint density at radius 3 is 1.20 bits per heavy atom. The van der Waals surface area contributed by atoms with Gasteiger partial charge in [-0.25, -0.2) is 22.8 Å². The molecule has 1 unspecified atom stereocenters. The molecule has 5 aliphatic rings. The lowest BCUT2D eigenvalue weighted by Gasteiger charge is -2.21. The first kappa shape index (κ1) is 62.0. The first-order valence-electron chi connectivity index (χ1n) is 38.3. The van der Waals surface area contributed by atoms with Crippen molar-refractivity contribution in [3.63, 3.8) is 0 Å². The van der Waals surface area contributed by atoms with Gasteiger partial charge in [-0.1, -0.05) is 162 Å². The topological polar surface area (TPSA) is 61.4 Å². The molecule has 3 aromatic carbocycles. The Morgan fingerprint density at radius 1 is 0.380 bits per heavy atom. The molecule has 0 saturated carbocycles. The van der Waals surface area contributed by atoms with Crippen molar-refractivity contribution in [3.05, 3.63) is 282 Å². The van der Waals surface area contributed by atoms with Gasteiger partial charge < -0.3 is 0 Å². The summed E-state index contributed by atoms with van der Waals surface area (Å²) in [5, 5.41) is 11.9. The molecule has 0 spiro atoms. The average molecular weight is 1320 g/mol. The monoisotopic (exact) mass is 1320 g/mol. The van der Waals surface area contributed by atoms with E-state index in [0.717, 1.165) is 45.0 Å². The molecule has 12 heterocycles. The lowest BCUT2D eigenvalue weighted by atomic mass is 9.61. The van der Waals surface area contributed by atoms with Gasteiger partial charge in [0.05, 0.1) is 97.2 Å². The van der Waals surface area contributed by atoms with Crippen LogP contribution in [0.15, 0.2) is 213 Å². The molecule has 5 aliphatic heterocycles. The molecule has 100 heavy (non-hydrogen) atoms. The molecule has 0 fully saturated rings. The summed E-state index contributed by atoms with van der Waals surface area (Å²) in [5.41, 5.74) is 2.24. The van der Waals surface area contributed by atoms with Gasteiger partial charge in [-0.3, -0.25) is 34.0 Å². The van der Waals surface area contributed by atoms with Crippen molar-refractivity contribution in [1.82, 2.24) is 9.97 Å². The molecule has 0 saturated heterocycles. The van der Waals surface area contributed by atoms with Gasteiger partial charge in [-0.2, -0.15) is 0 Å². The van der Waals surface area contributed by atoms with Crippen LogP contribution < -0.4 is 99.2 Å². The number of benzene rings is 3. The minimum absolute atomic E-state index is 0.0758. The quantitative estimate of drug-likeness (QED) is 0.134. The Labute approximate surface area is 604 Å². The summed E-state index contributed by atoms with van der Waals surface area (Å²) < 4.78 is 66.8. The lowest BCUT2D eigenvalue weighted by molar-refractivity contribution is -0.658. The molecular weight excluding hydrogens is 1220 g/mol. The van der Waals surface area contributed by atoms with Gasteiger partial charge >= 0.3 is 34.2 Å². The van der Waals surface area contributed by atoms with Crippen molar-refractivity contribution < 1.29 is 32.4 Å². The average Bonchev–Trinajstić information content (AvgIpc) is 0.783. The zero-order valence-corrected chi connectivity index (χ0v) is 60.8. The number of anilines is 5. The van der Waals surface area contributed by atoms with E-state index in [1.807, 2.05) is 144 Å². The predicted molar refractivity (Wildman–Crippen MR) is 424 cm³/mol. The van der Waals surface area contributed by atoms with Gasteiger partial charge in [-0.05, 0) is 143 Å². The number of fused-ring (bicyclic) bond motifs is 5. The Morgan fingerprint density at radius 2 is 0.750 bits per heavy atom.